The Morgan fingerprint density at radius 2 is 2.53 bits per heavy atom. The Kier molecular flexibility index (Phi) is 2.68. The van der Waals surface area contributed by atoms with Crippen molar-refractivity contribution in [3.63, 3.8) is 0 Å². The van der Waals surface area contributed by atoms with Crippen molar-refractivity contribution in [2.24, 2.45) is 13.0 Å². The normalized spacial score (nSPS) is 20.7. The summed E-state index contributed by atoms with van der Waals surface area (Å²) in [5.41, 5.74) is -0.262. The minimum atomic E-state index is -0.262. The Morgan fingerprint density at radius 3 is 3.07 bits per heavy atom. The molecule has 15 heavy (non-hydrogen) atoms. The smallest absolute Gasteiger partial charge is 0.345 e. The highest BCUT2D eigenvalue weighted by molar-refractivity contribution is 5.81. The fraction of sp³-hybridized carbons (Fsp3) is 0.667. The van der Waals surface area contributed by atoms with E-state index in [-0.39, 0.29) is 23.9 Å². The van der Waals surface area contributed by atoms with Crippen LogP contribution in [-0.2, 0) is 23.1 Å². The van der Waals surface area contributed by atoms with E-state index in [0.717, 1.165) is 6.42 Å². The van der Waals surface area contributed by atoms with Crippen LogP contribution in [0.2, 0.25) is 0 Å². The van der Waals surface area contributed by atoms with Gasteiger partial charge in [0, 0.05) is 19.6 Å². The largest absolute Gasteiger partial charge is 0.381 e. The number of carbonyl (C=O) groups is 1. The Balaban J connectivity index is 2.05. The molecule has 0 radical (unpaired) electrons. The van der Waals surface area contributed by atoms with E-state index in [1.807, 2.05) is 0 Å². The maximum Gasteiger partial charge on any atom is 0.345 e. The lowest BCUT2D eigenvalue weighted by molar-refractivity contribution is -0.123. The number of ether oxygens (including phenoxy) is 1. The Bertz CT molecular complexity index is 414. The van der Waals surface area contributed by atoms with Crippen molar-refractivity contribution in [2.75, 3.05) is 13.2 Å². The zero-order valence-electron chi connectivity index (χ0n) is 8.55. The van der Waals surface area contributed by atoms with Crippen LogP contribution < -0.4 is 5.69 Å². The van der Waals surface area contributed by atoms with Gasteiger partial charge in [-0.1, -0.05) is 0 Å². The van der Waals surface area contributed by atoms with Crippen LogP contribution in [0.5, 0.6) is 0 Å². The maximum absolute atomic E-state index is 11.7. The molecule has 1 aromatic rings. The summed E-state index contributed by atoms with van der Waals surface area (Å²) >= 11 is 0. The molecule has 1 saturated heterocycles. The number of Topliss-reactive ketones (excluding diaryl/α,β-unsaturated/α-hetero) is 1. The molecule has 1 aliphatic heterocycles. The molecule has 0 bridgehead atoms. The Hall–Kier alpha value is -1.43. The topological polar surface area (TPSA) is 66.1 Å². The van der Waals surface area contributed by atoms with Crippen LogP contribution in [-0.4, -0.2) is 33.3 Å². The molecule has 1 aromatic heterocycles. The van der Waals surface area contributed by atoms with E-state index in [2.05, 4.69) is 5.10 Å². The number of hydrogen-bond donors (Lipinski definition) is 0. The SMILES string of the molecule is Cn1cnn(CC(=O)C2CCOC2)c1=O. The first-order valence-corrected chi connectivity index (χ1v) is 4.87. The summed E-state index contributed by atoms with van der Waals surface area (Å²) in [6, 6.07) is 0. The fourth-order valence-corrected chi connectivity index (χ4v) is 1.59. The molecular weight excluding hydrogens is 198 g/mol. The molecule has 0 N–H and O–H groups in total. The molecule has 0 amide bonds. The highest BCUT2D eigenvalue weighted by Crippen LogP contribution is 2.13. The molecule has 1 unspecified atom stereocenters. The van der Waals surface area contributed by atoms with Gasteiger partial charge < -0.3 is 4.74 Å². The van der Waals surface area contributed by atoms with Crippen LogP contribution >= 0.6 is 0 Å². The summed E-state index contributed by atoms with van der Waals surface area (Å²) in [6.07, 6.45) is 2.15. The predicted octanol–water partition coefficient (Wildman–Crippen LogP) is -0.813. The summed E-state index contributed by atoms with van der Waals surface area (Å²) in [5.74, 6) is -0.0489. The van der Waals surface area contributed by atoms with E-state index in [4.69, 9.17) is 4.74 Å². The van der Waals surface area contributed by atoms with Crippen molar-refractivity contribution in [2.45, 2.75) is 13.0 Å². The van der Waals surface area contributed by atoms with Gasteiger partial charge in [0.25, 0.3) is 0 Å². The lowest BCUT2D eigenvalue weighted by Crippen LogP contribution is -2.29. The lowest BCUT2D eigenvalue weighted by Gasteiger charge is -2.04. The van der Waals surface area contributed by atoms with Crippen molar-refractivity contribution in [1.82, 2.24) is 14.3 Å². The van der Waals surface area contributed by atoms with E-state index in [1.54, 1.807) is 7.05 Å². The van der Waals surface area contributed by atoms with Gasteiger partial charge in [0.05, 0.1) is 6.61 Å². The molecule has 2 rings (SSSR count). The predicted molar refractivity (Wildman–Crippen MR) is 51.4 cm³/mol. The van der Waals surface area contributed by atoms with Crippen LogP contribution in [0.1, 0.15) is 6.42 Å². The number of aromatic nitrogens is 3. The lowest BCUT2D eigenvalue weighted by atomic mass is 10.0. The van der Waals surface area contributed by atoms with E-state index < -0.39 is 0 Å². The minimum Gasteiger partial charge on any atom is -0.381 e. The molecule has 0 aliphatic carbocycles. The monoisotopic (exact) mass is 211 g/mol. The van der Waals surface area contributed by atoms with Crippen molar-refractivity contribution >= 4 is 5.78 Å². The third-order valence-electron chi connectivity index (χ3n) is 2.58. The van der Waals surface area contributed by atoms with Gasteiger partial charge in [-0.15, -0.1) is 0 Å². The van der Waals surface area contributed by atoms with E-state index >= 15 is 0 Å². The fourth-order valence-electron chi connectivity index (χ4n) is 1.59. The van der Waals surface area contributed by atoms with Crippen molar-refractivity contribution < 1.29 is 9.53 Å². The third-order valence-corrected chi connectivity index (χ3v) is 2.58. The second kappa shape index (κ2) is 3.98. The third kappa shape index (κ3) is 1.99. The molecule has 1 fully saturated rings. The molecule has 0 saturated carbocycles. The van der Waals surface area contributed by atoms with Crippen LogP contribution in [0.3, 0.4) is 0 Å². The first-order chi connectivity index (χ1) is 7.18. The second-order valence-electron chi connectivity index (χ2n) is 3.71. The number of rotatable bonds is 3. The zero-order valence-corrected chi connectivity index (χ0v) is 8.55. The van der Waals surface area contributed by atoms with Gasteiger partial charge in [0.1, 0.15) is 12.9 Å². The number of carbonyl (C=O) groups excluding carboxylic acids is 1. The van der Waals surface area contributed by atoms with E-state index in [9.17, 15) is 9.59 Å². The summed E-state index contributed by atoms with van der Waals surface area (Å²) in [6.45, 7) is 1.15. The Labute approximate surface area is 86.5 Å². The van der Waals surface area contributed by atoms with Gasteiger partial charge in [-0.3, -0.25) is 9.36 Å². The van der Waals surface area contributed by atoms with Gasteiger partial charge in [-0.25, -0.2) is 9.48 Å². The van der Waals surface area contributed by atoms with Crippen molar-refractivity contribution in [3.8, 4) is 0 Å². The number of ketones is 1. The quantitative estimate of drug-likeness (QED) is 0.655. The van der Waals surface area contributed by atoms with Crippen LogP contribution in [0, 0.1) is 5.92 Å². The van der Waals surface area contributed by atoms with Crippen molar-refractivity contribution in [1.29, 1.82) is 0 Å². The average Bonchev–Trinajstić information content (AvgIpc) is 2.83. The molecule has 2 heterocycles. The molecule has 1 atom stereocenters. The molecule has 0 aromatic carbocycles. The van der Waals surface area contributed by atoms with Crippen molar-refractivity contribution in [3.05, 3.63) is 16.8 Å². The molecule has 1 aliphatic rings. The van der Waals surface area contributed by atoms with Gasteiger partial charge in [-0.05, 0) is 6.42 Å². The first kappa shape index (κ1) is 10.1. The maximum atomic E-state index is 11.7. The minimum absolute atomic E-state index is 0.0216. The van der Waals surface area contributed by atoms with Crippen LogP contribution in [0.15, 0.2) is 11.1 Å². The van der Waals surface area contributed by atoms with Crippen LogP contribution in [0.25, 0.3) is 0 Å². The molecule has 82 valence electrons. The van der Waals surface area contributed by atoms with Gasteiger partial charge in [0.15, 0.2) is 5.78 Å². The van der Waals surface area contributed by atoms with E-state index in [1.165, 1.54) is 15.6 Å². The highest BCUT2D eigenvalue weighted by atomic mass is 16.5. The summed E-state index contributed by atoms with van der Waals surface area (Å²) in [5, 5.41) is 3.83. The summed E-state index contributed by atoms with van der Waals surface area (Å²) in [4.78, 5) is 23.1. The van der Waals surface area contributed by atoms with Gasteiger partial charge in [-0.2, -0.15) is 5.10 Å². The summed E-state index contributed by atoms with van der Waals surface area (Å²) in [7, 11) is 1.61. The zero-order chi connectivity index (χ0) is 10.8. The van der Waals surface area contributed by atoms with Crippen LogP contribution in [0.4, 0.5) is 0 Å². The second-order valence-corrected chi connectivity index (χ2v) is 3.71. The Morgan fingerprint density at radius 1 is 1.73 bits per heavy atom. The molecule has 0 spiro atoms. The van der Waals surface area contributed by atoms with Gasteiger partial charge >= 0.3 is 5.69 Å². The first-order valence-electron chi connectivity index (χ1n) is 4.87. The number of nitrogens with zero attached hydrogens (tertiary/aromatic N) is 3. The molecular formula is C9H13N3O3. The number of aryl methyl sites for hydroxylation is 1. The molecule has 6 heteroatoms. The van der Waals surface area contributed by atoms with Gasteiger partial charge in [0.2, 0.25) is 0 Å². The molecule has 6 nitrogen and oxygen atoms in total. The van der Waals surface area contributed by atoms with E-state index in [0.29, 0.717) is 13.2 Å². The standard InChI is InChI=1S/C9H13N3O3/c1-11-6-10-12(9(11)14)4-8(13)7-2-3-15-5-7/h6-7H,2-5H2,1H3. The highest BCUT2D eigenvalue weighted by Gasteiger charge is 2.24. The summed E-state index contributed by atoms with van der Waals surface area (Å²) < 4.78 is 7.64. The number of hydrogen-bond acceptors (Lipinski definition) is 4. The average molecular weight is 211 g/mol.